The second kappa shape index (κ2) is 10.4. The largest absolute Gasteiger partial charge is 0.488 e. The van der Waals surface area contributed by atoms with Crippen molar-refractivity contribution in [3.63, 3.8) is 0 Å². The lowest BCUT2D eigenvalue weighted by atomic mass is 9.92. The zero-order valence-electron chi connectivity index (χ0n) is 21.0. The number of rotatable bonds is 7. The molecule has 2 heterocycles. The Balaban J connectivity index is 2.02. The molecule has 0 aliphatic carbocycles. The van der Waals surface area contributed by atoms with Gasteiger partial charge in [0, 0.05) is 30.2 Å². The van der Waals surface area contributed by atoms with Crippen LogP contribution in [0.5, 0.6) is 11.6 Å². The summed E-state index contributed by atoms with van der Waals surface area (Å²) in [6.45, 7) is 4.57. The Morgan fingerprint density at radius 2 is 1.82 bits per heavy atom. The number of benzene rings is 2. The van der Waals surface area contributed by atoms with Crippen LogP contribution >= 0.6 is 0 Å². The maximum atomic E-state index is 15.6. The van der Waals surface area contributed by atoms with Gasteiger partial charge in [-0.15, -0.1) is 0 Å². The molecule has 1 aromatic heterocycles. The fourth-order valence-corrected chi connectivity index (χ4v) is 4.65. The third kappa shape index (κ3) is 4.88. The summed E-state index contributed by atoms with van der Waals surface area (Å²) in [7, 11) is 1.20. The molecule has 1 aliphatic rings. The molecule has 0 saturated carbocycles. The quantitative estimate of drug-likeness (QED) is 0.322. The van der Waals surface area contributed by atoms with Gasteiger partial charge in [0.15, 0.2) is 17.9 Å². The van der Waals surface area contributed by atoms with Crippen LogP contribution in [0.2, 0.25) is 0 Å². The Morgan fingerprint density at radius 3 is 2.45 bits per heavy atom. The van der Waals surface area contributed by atoms with E-state index < -0.39 is 53.2 Å². The van der Waals surface area contributed by atoms with E-state index in [0.717, 1.165) is 22.8 Å². The standard InChI is InChI=1S/C27H26F5NO5/c1-13(2)38-21-10-5-7-15(23(21)29)22-14(3)16(11-17-18(27(30,31)32)8-6-9-19(17)28)25-33(24(22)34)20(12-37-25)26(35)36-4/h5-10,13,20,26,35H,11-12H2,1-4H3. The summed E-state index contributed by atoms with van der Waals surface area (Å²) >= 11 is 0. The van der Waals surface area contributed by atoms with Crippen LogP contribution in [0.4, 0.5) is 22.0 Å². The van der Waals surface area contributed by atoms with E-state index in [-0.39, 0.29) is 46.6 Å². The van der Waals surface area contributed by atoms with E-state index in [2.05, 4.69) is 0 Å². The van der Waals surface area contributed by atoms with E-state index in [0.29, 0.717) is 0 Å². The van der Waals surface area contributed by atoms with Crippen LogP contribution in [0.15, 0.2) is 41.2 Å². The maximum Gasteiger partial charge on any atom is 0.416 e. The number of fused-ring (bicyclic) bond motifs is 1. The number of halogens is 5. The van der Waals surface area contributed by atoms with Gasteiger partial charge in [0.25, 0.3) is 5.56 Å². The third-order valence-electron chi connectivity index (χ3n) is 6.40. The van der Waals surface area contributed by atoms with Crippen molar-refractivity contribution < 1.29 is 41.3 Å². The minimum absolute atomic E-state index is 0.0376. The molecule has 1 aliphatic heterocycles. The van der Waals surface area contributed by atoms with Crippen LogP contribution < -0.4 is 15.0 Å². The van der Waals surface area contributed by atoms with Crippen molar-refractivity contribution in [1.82, 2.24) is 4.57 Å². The van der Waals surface area contributed by atoms with Gasteiger partial charge in [-0.05, 0) is 44.5 Å². The lowest BCUT2D eigenvalue weighted by Crippen LogP contribution is -2.33. The topological polar surface area (TPSA) is 69.9 Å². The molecule has 6 nitrogen and oxygen atoms in total. The fourth-order valence-electron chi connectivity index (χ4n) is 4.65. The Labute approximate surface area is 215 Å². The van der Waals surface area contributed by atoms with Gasteiger partial charge in [0.05, 0.1) is 17.2 Å². The summed E-state index contributed by atoms with van der Waals surface area (Å²) in [5.41, 5.74) is -2.81. The summed E-state index contributed by atoms with van der Waals surface area (Å²) in [5, 5.41) is 10.4. The predicted octanol–water partition coefficient (Wildman–Crippen LogP) is 5.40. The Hall–Kier alpha value is -3.44. The first kappa shape index (κ1) is 27.6. The average Bonchev–Trinajstić information content (AvgIpc) is 3.29. The molecule has 0 spiro atoms. The Bertz CT molecular complexity index is 1420. The molecule has 38 heavy (non-hydrogen) atoms. The molecule has 204 valence electrons. The third-order valence-corrected chi connectivity index (χ3v) is 6.40. The van der Waals surface area contributed by atoms with E-state index in [4.69, 9.17) is 14.2 Å². The first-order valence-electron chi connectivity index (χ1n) is 11.8. The molecule has 2 unspecified atom stereocenters. The molecule has 4 rings (SSSR count). The summed E-state index contributed by atoms with van der Waals surface area (Å²) in [5.74, 6) is -2.22. The highest BCUT2D eigenvalue weighted by molar-refractivity contribution is 5.71. The first-order valence-corrected chi connectivity index (χ1v) is 11.8. The molecule has 0 radical (unpaired) electrons. The van der Waals surface area contributed by atoms with Gasteiger partial charge in [-0.2, -0.15) is 13.2 Å². The van der Waals surface area contributed by atoms with Gasteiger partial charge in [0.1, 0.15) is 18.5 Å². The lowest BCUT2D eigenvalue weighted by Gasteiger charge is -2.22. The summed E-state index contributed by atoms with van der Waals surface area (Å²) in [4.78, 5) is 13.8. The van der Waals surface area contributed by atoms with Gasteiger partial charge in [-0.25, -0.2) is 8.78 Å². The molecule has 2 aromatic carbocycles. The number of aliphatic hydroxyl groups is 1. The van der Waals surface area contributed by atoms with Crippen LogP contribution in [0.1, 0.15) is 42.1 Å². The van der Waals surface area contributed by atoms with Gasteiger partial charge >= 0.3 is 6.18 Å². The fraction of sp³-hybridized carbons (Fsp3) is 0.370. The van der Waals surface area contributed by atoms with Crippen molar-refractivity contribution in [2.24, 2.45) is 0 Å². The molecular formula is C27H26F5NO5. The smallest absolute Gasteiger partial charge is 0.416 e. The Morgan fingerprint density at radius 1 is 1.13 bits per heavy atom. The van der Waals surface area contributed by atoms with Crippen LogP contribution in [-0.4, -0.2) is 35.8 Å². The highest BCUT2D eigenvalue weighted by atomic mass is 19.4. The summed E-state index contributed by atoms with van der Waals surface area (Å²) in [6.07, 6.45) is -7.37. The lowest BCUT2D eigenvalue weighted by molar-refractivity contribution is -0.138. The monoisotopic (exact) mass is 539 g/mol. The van der Waals surface area contributed by atoms with Crippen LogP contribution in [0.3, 0.4) is 0 Å². The van der Waals surface area contributed by atoms with Crippen molar-refractivity contribution in [2.45, 2.75) is 51.8 Å². The van der Waals surface area contributed by atoms with Crippen LogP contribution in [0, 0.1) is 18.6 Å². The number of aromatic nitrogens is 1. The van der Waals surface area contributed by atoms with E-state index in [1.807, 2.05) is 0 Å². The maximum absolute atomic E-state index is 15.6. The minimum atomic E-state index is -4.85. The van der Waals surface area contributed by atoms with Crippen molar-refractivity contribution in [3.05, 3.63) is 80.6 Å². The molecule has 11 heteroatoms. The van der Waals surface area contributed by atoms with Crippen molar-refractivity contribution in [1.29, 1.82) is 0 Å². The SMILES string of the molecule is COC(O)C1COc2c(Cc3c(F)cccc3C(F)(F)F)c(C)c(-c3cccc(OC(C)C)c3F)c(=O)n21. The highest BCUT2D eigenvalue weighted by Gasteiger charge is 2.38. The van der Waals surface area contributed by atoms with Gasteiger partial charge < -0.3 is 19.3 Å². The molecule has 0 bridgehead atoms. The average molecular weight is 539 g/mol. The van der Waals surface area contributed by atoms with E-state index in [1.54, 1.807) is 13.8 Å². The van der Waals surface area contributed by atoms with Crippen molar-refractivity contribution in [2.75, 3.05) is 13.7 Å². The molecule has 2 atom stereocenters. The zero-order valence-corrected chi connectivity index (χ0v) is 21.0. The first-order chi connectivity index (χ1) is 17.9. The molecule has 3 aromatic rings. The second-order valence-corrected chi connectivity index (χ2v) is 9.19. The van der Waals surface area contributed by atoms with E-state index >= 15 is 4.39 Å². The number of aliphatic hydroxyl groups excluding tert-OH is 1. The molecule has 1 N–H and O–H groups in total. The predicted molar refractivity (Wildman–Crippen MR) is 128 cm³/mol. The second-order valence-electron chi connectivity index (χ2n) is 9.19. The van der Waals surface area contributed by atoms with Crippen LogP contribution in [-0.2, 0) is 17.3 Å². The zero-order chi connectivity index (χ0) is 27.9. The Kier molecular flexibility index (Phi) is 7.53. The highest BCUT2D eigenvalue weighted by Crippen LogP contribution is 2.41. The number of alkyl halides is 3. The van der Waals surface area contributed by atoms with Crippen molar-refractivity contribution >= 4 is 0 Å². The number of ether oxygens (including phenoxy) is 3. The number of nitrogens with zero attached hydrogens (tertiary/aromatic N) is 1. The normalized spacial score (nSPS) is 15.9. The van der Waals surface area contributed by atoms with Crippen LogP contribution in [0.25, 0.3) is 11.1 Å². The van der Waals surface area contributed by atoms with Gasteiger partial charge in [-0.1, -0.05) is 18.2 Å². The summed E-state index contributed by atoms with van der Waals surface area (Å²) in [6, 6.07) is 5.73. The van der Waals surface area contributed by atoms with Gasteiger partial charge in [0.2, 0.25) is 5.88 Å². The number of hydrogen-bond donors (Lipinski definition) is 1. The molecule has 0 saturated heterocycles. The summed E-state index contributed by atoms with van der Waals surface area (Å²) < 4.78 is 88.9. The van der Waals surface area contributed by atoms with Gasteiger partial charge in [-0.3, -0.25) is 9.36 Å². The molecular weight excluding hydrogens is 513 g/mol. The van der Waals surface area contributed by atoms with Crippen molar-refractivity contribution in [3.8, 4) is 22.8 Å². The minimum Gasteiger partial charge on any atom is -0.488 e. The molecule has 0 fully saturated rings. The van der Waals surface area contributed by atoms with E-state index in [1.165, 1.54) is 32.2 Å². The number of pyridine rings is 1. The van der Waals surface area contributed by atoms with E-state index in [9.17, 15) is 27.5 Å². The number of hydrogen-bond acceptors (Lipinski definition) is 5. The molecule has 0 amide bonds. The number of methoxy groups -OCH3 is 1.